The molecule has 118 valence electrons. The number of nitrogens with one attached hydrogen (secondary N) is 2. The first-order valence-corrected chi connectivity index (χ1v) is 7.23. The molecule has 0 atom stereocenters. The summed E-state index contributed by atoms with van der Waals surface area (Å²) in [5.74, 6) is 0.622. The first-order chi connectivity index (χ1) is 11.1. The van der Waals surface area contributed by atoms with Crippen molar-refractivity contribution in [3.63, 3.8) is 0 Å². The van der Waals surface area contributed by atoms with Crippen molar-refractivity contribution in [3.05, 3.63) is 47.5 Å². The van der Waals surface area contributed by atoms with Crippen molar-refractivity contribution in [2.45, 2.75) is 0 Å². The Morgan fingerprint density at radius 3 is 2.74 bits per heavy atom. The van der Waals surface area contributed by atoms with E-state index in [0.29, 0.717) is 17.1 Å². The van der Waals surface area contributed by atoms with Gasteiger partial charge in [-0.1, -0.05) is 17.7 Å². The van der Waals surface area contributed by atoms with Gasteiger partial charge in [-0.05, 0) is 18.2 Å². The van der Waals surface area contributed by atoms with E-state index in [1.807, 2.05) is 6.07 Å². The van der Waals surface area contributed by atoms with Gasteiger partial charge in [-0.15, -0.1) is 0 Å². The fourth-order valence-electron chi connectivity index (χ4n) is 2.28. The molecule has 2 N–H and O–H groups in total. The van der Waals surface area contributed by atoms with E-state index < -0.39 is 5.82 Å². The molecule has 1 heterocycles. The minimum absolute atomic E-state index is 0.0472. The quantitative estimate of drug-likeness (QED) is 0.749. The Bertz CT molecular complexity index is 872. The zero-order valence-electron chi connectivity index (χ0n) is 12.5. The molecule has 3 rings (SSSR count). The van der Waals surface area contributed by atoms with E-state index in [1.165, 1.54) is 12.4 Å². The summed E-state index contributed by atoms with van der Waals surface area (Å²) in [5, 5.41) is 6.79. The lowest BCUT2D eigenvalue weighted by atomic mass is 10.2. The third kappa shape index (κ3) is 2.85. The number of hydrogen-bond donors (Lipinski definition) is 2. The van der Waals surface area contributed by atoms with Crippen molar-refractivity contribution in [2.24, 2.45) is 0 Å². The highest BCUT2D eigenvalue weighted by atomic mass is 35.5. The van der Waals surface area contributed by atoms with Crippen molar-refractivity contribution >= 4 is 39.7 Å². The number of rotatable bonds is 4. The highest BCUT2D eigenvalue weighted by molar-refractivity contribution is 6.31. The van der Waals surface area contributed by atoms with Crippen molar-refractivity contribution in [1.29, 1.82) is 0 Å². The van der Waals surface area contributed by atoms with E-state index in [-0.39, 0.29) is 10.7 Å². The van der Waals surface area contributed by atoms with Crippen LogP contribution in [0.15, 0.2) is 36.7 Å². The average Bonchev–Trinajstić information content (AvgIpc) is 2.58. The maximum Gasteiger partial charge on any atom is 0.165 e. The van der Waals surface area contributed by atoms with Crippen LogP contribution in [0, 0.1) is 5.82 Å². The number of hydrogen-bond acceptors (Lipinski definition) is 5. The van der Waals surface area contributed by atoms with Gasteiger partial charge in [0.1, 0.15) is 17.9 Å². The molecule has 3 aromatic rings. The fourth-order valence-corrected chi connectivity index (χ4v) is 2.45. The summed E-state index contributed by atoms with van der Waals surface area (Å²) in [6.45, 7) is 0. The molecule has 0 aliphatic carbocycles. The minimum atomic E-state index is -0.525. The van der Waals surface area contributed by atoms with E-state index in [2.05, 4.69) is 20.6 Å². The molecule has 0 spiro atoms. The molecule has 0 amide bonds. The number of methoxy groups -OCH3 is 1. The molecule has 0 aliphatic rings. The molecule has 0 aliphatic heterocycles. The lowest BCUT2D eigenvalue weighted by molar-refractivity contribution is 0.417. The minimum Gasteiger partial charge on any atom is -0.495 e. The van der Waals surface area contributed by atoms with Gasteiger partial charge in [0.25, 0.3) is 0 Å². The molecular weight excluding hydrogens is 319 g/mol. The largest absolute Gasteiger partial charge is 0.495 e. The first-order valence-electron chi connectivity index (χ1n) is 6.85. The zero-order valence-corrected chi connectivity index (χ0v) is 13.3. The smallest absolute Gasteiger partial charge is 0.165 e. The maximum atomic E-state index is 14.1. The number of halogens is 2. The zero-order chi connectivity index (χ0) is 16.4. The highest BCUT2D eigenvalue weighted by Gasteiger charge is 2.12. The van der Waals surface area contributed by atoms with Gasteiger partial charge in [-0.2, -0.15) is 0 Å². The van der Waals surface area contributed by atoms with Crippen LogP contribution in [0.25, 0.3) is 10.9 Å². The lowest BCUT2D eigenvalue weighted by Gasteiger charge is -2.13. The Kier molecular flexibility index (Phi) is 4.16. The van der Waals surface area contributed by atoms with Gasteiger partial charge in [0.15, 0.2) is 5.82 Å². The van der Waals surface area contributed by atoms with E-state index in [0.717, 1.165) is 11.1 Å². The summed E-state index contributed by atoms with van der Waals surface area (Å²) in [6, 6.07) is 8.39. The van der Waals surface area contributed by atoms with Gasteiger partial charge < -0.3 is 15.4 Å². The summed E-state index contributed by atoms with van der Waals surface area (Å²) in [7, 11) is 3.38. The lowest BCUT2D eigenvalue weighted by Crippen LogP contribution is -2.00. The second-order valence-corrected chi connectivity index (χ2v) is 5.18. The van der Waals surface area contributed by atoms with Crippen molar-refractivity contribution < 1.29 is 9.13 Å². The molecule has 0 unspecified atom stereocenters. The molecule has 5 nitrogen and oxygen atoms in total. The molecule has 23 heavy (non-hydrogen) atoms. The third-order valence-corrected chi connectivity index (χ3v) is 3.72. The third-order valence-electron chi connectivity index (χ3n) is 3.43. The van der Waals surface area contributed by atoms with E-state index >= 15 is 0 Å². The van der Waals surface area contributed by atoms with Crippen molar-refractivity contribution in [1.82, 2.24) is 9.97 Å². The molecule has 1 aromatic heterocycles. The summed E-state index contributed by atoms with van der Waals surface area (Å²) < 4.78 is 19.4. The Balaban J connectivity index is 2.12. The van der Waals surface area contributed by atoms with Crippen LogP contribution in [0.5, 0.6) is 5.75 Å². The van der Waals surface area contributed by atoms with Gasteiger partial charge in [0, 0.05) is 18.5 Å². The molecule has 7 heteroatoms. The van der Waals surface area contributed by atoms with Gasteiger partial charge in [0.2, 0.25) is 0 Å². The predicted octanol–water partition coefficient (Wildman–Crippen LogP) is 4.22. The number of benzene rings is 2. The topological polar surface area (TPSA) is 59.1 Å². The van der Waals surface area contributed by atoms with Crippen LogP contribution in [0.1, 0.15) is 0 Å². The number of anilines is 3. The number of nitrogens with zero attached hydrogens (tertiary/aromatic N) is 2. The van der Waals surface area contributed by atoms with Crippen LogP contribution < -0.4 is 15.4 Å². The monoisotopic (exact) mass is 332 g/mol. The molecule has 0 fully saturated rings. The van der Waals surface area contributed by atoms with Gasteiger partial charge in [-0.25, -0.2) is 14.4 Å². The normalized spacial score (nSPS) is 10.6. The van der Waals surface area contributed by atoms with Crippen LogP contribution in [-0.2, 0) is 0 Å². The van der Waals surface area contributed by atoms with E-state index in [1.54, 1.807) is 32.4 Å². The highest BCUT2D eigenvalue weighted by Crippen LogP contribution is 2.33. The van der Waals surface area contributed by atoms with Crippen LogP contribution in [-0.4, -0.2) is 24.1 Å². The Morgan fingerprint density at radius 1 is 1.17 bits per heavy atom. The summed E-state index contributed by atoms with van der Waals surface area (Å²) in [5.41, 5.74) is 1.71. The van der Waals surface area contributed by atoms with Crippen LogP contribution in [0.2, 0.25) is 5.02 Å². The van der Waals surface area contributed by atoms with Crippen LogP contribution in [0.4, 0.5) is 21.6 Å². The fraction of sp³-hybridized carbons (Fsp3) is 0.125. The first kappa shape index (κ1) is 15.3. The van der Waals surface area contributed by atoms with Crippen LogP contribution in [0.3, 0.4) is 0 Å². The maximum absolute atomic E-state index is 14.1. The van der Waals surface area contributed by atoms with E-state index in [4.69, 9.17) is 16.3 Å². The van der Waals surface area contributed by atoms with Gasteiger partial charge in [0.05, 0.1) is 29.0 Å². The molecule has 0 saturated carbocycles. The standard InChI is InChI=1S/C16H14ClFN4O/c1-19-13-6-9-12(7-14(13)23-2)20-8-21-16(9)22-11-5-3-4-10(17)15(11)18/h3-8,19H,1-2H3,(H,20,21,22). The SMILES string of the molecule is CNc1cc2c(Nc3cccc(Cl)c3F)ncnc2cc1OC. The Labute approximate surface area is 137 Å². The summed E-state index contributed by atoms with van der Waals surface area (Å²) in [4.78, 5) is 8.43. The van der Waals surface area contributed by atoms with Crippen molar-refractivity contribution in [3.8, 4) is 5.75 Å². The number of fused-ring (bicyclic) bond motifs is 1. The van der Waals surface area contributed by atoms with Gasteiger partial charge in [-0.3, -0.25) is 0 Å². The van der Waals surface area contributed by atoms with Crippen molar-refractivity contribution in [2.75, 3.05) is 24.8 Å². The molecule has 0 radical (unpaired) electrons. The number of ether oxygens (including phenoxy) is 1. The number of aromatic nitrogens is 2. The summed E-state index contributed by atoms with van der Waals surface area (Å²) >= 11 is 5.81. The Hall–Kier alpha value is -2.60. The summed E-state index contributed by atoms with van der Waals surface area (Å²) in [6.07, 6.45) is 1.41. The predicted molar refractivity (Wildman–Crippen MR) is 90.3 cm³/mol. The van der Waals surface area contributed by atoms with Crippen LogP contribution >= 0.6 is 11.6 Å². The second-order valence-electron chi connectivity index (χ2n) is 4.77. The van der Waals surface area contributed by atoms with Gasteiger partial charge >= 0.3 is 0 Å². The van der Waals surface area contributed by atoms with E-state index in [9.17, 15) is 4.39 Å². The molecule has 0 bridgehead atoms. The average molecular weight is 333 g/mol. The second kappa shape index (κ2) is 6.26. The Morgan fingerprint density at radius 2 is 2.00 bits per heavy atom. The molecular formula is C16H14ClFN4O. The molecule has 2 aromatic carbocycles. The molecule has 0 saturated heterocycles.